The molecule has 5 heteroatoms. The number of hydrogen-bond acceptors (Lipinski definition) is 2. The van der Waals surface area contributed by atoms with Crippen molar-refractivity contribution in [3.8, 4) is 0 Å². The molecule has 0 saturated heterocycles. The van der Waals surface area contributed by atoms with Crippen LogP contribution in [0.3, 0.4) is 0 Å². The van der Waals surface area contributed by atoms with E-state index in [1.807, 2.05) is 44.2 Å². The van der Waals surface area contributed by atoms with Gasteiger partial charge in [0.1, 0.15) is 5.69 Å². The molecule has 5 nitrogen and oxygen atoms in total. The van der Waals surface area contributed by atoms with Gasteiger partial charge in [0, 0.05) is 16.6 Å². The molecule has 0 aliphatic rings. The van der Waals surface area contributed by atoms with E-state index < -0.39 is 0 Å². The van der Waals surface area contributed by atoms with Crippen LogP contribution in [-0.4, -0.2) is 20.9 Å². The van der Waals surface area contributed by atoms with E-state index in [9.17, 15) is 4.79 Å². The molecule has 2 aromatic carbocycles. The molecule has 0 spiro atoms. The number of aromatic nitrogens is 3. The molecular formula is C18H16N4O. The standard InChI is InChI=1S/C18H16N4O/c1-10-3-5-14-13(7-10)11(2)17(22-14)18(23)21-12-4-6-15-16(8-12)20-9-19-15/h3-9,22H,1-2H3,(H,19,20)(H,21,23). The Hall–Kier alpha value is -3.08. The molecule has 0 bridgehead atoms. The summed E-state index contributed by atoms with van der Waals surface area (Å²) < 4.78 is 0. The first-order valence-electron chi connectivity index (χ1n) is 7.45. The van der Waals surface area contributed by atoms with Gasteiger partial charge in [-0.2, -0.15) is 0 Å². The number of anilines is 1. The van der Waals surface area contributed by atoms with Crippen LogP contribution in [0.1, 0.15) is 21.6 Å². The van der Waals surface area contributed by atoms with Gasteiger partial charge in [0.2, 0.25) is 0 Å². The summed E-state index contributed by atoms with van der Waals surface area (Å²) in [5.41, 5.74) is 6.21. The van der Waals surface area contributed by atoms with Crippen LogP contribution in [0.25, 0.3) is 21.9 Å². The van der Waals surface area contributed by atoms with Crippen LogP contribution in [0.15, 0.2) is 42.7 Å². The zero-order valence-electron chi connectivity index (χ0n) is 12.9. The number of aromatic amines is 2. The topological polar surface area (TPSA) is 73.6 Å². The number of H-pyrrole nitrogens is 2. The van der Waals surface area contributed by atoms with Crippen LogP contribution in [0.5, 0.6) is 0 Å². The van der Waals surface area contributed by atoms with Crippen LogP contribution < -0.4 is 5.32 Å². The van der Waals surface area contributed by atoms with E-state index in [-0.39, 0.29) is 5.91 Å². The molecule has 0 radical (unpaired) electrons. The Labute approximate surface area is 132 Å². The van der Waals surface area contributed by atoms with Gasteiger partial charge in [-0.1, -0.05) is 11.6 Å². The number of carbonyl (C=O) groups excluding carboxylic acids is 1. The van der Waals surface area contributed by atoms with Gasteiger partial charge < -0.3 is 15.3 Å². The van der Waals surface area contributed by atoms with E-state index in [0.717, 1.165) is 33.2 Å². The van der Waals surface area contributed by atoms with Crippen LogP contribution in [0, 0.1) is 13.8 Å². The minimum Gasteiger partial charge on any atom is -0.350 e. The SMILES string of the molecule is Cc1ccc2[nH]c(C(=O)Nc3ccc4nc[nH]c4c3)c(C)c2c1. The van der Waals surface area contributed by atoms with E-state index in [0.29, 0.717) is 5.69 Å². The third kappa shape index (κ3) is 2.26. The lowest BCUT2D eigenvalue weighted by molar-refractivity contribution is 0.102. The average molecular weight is 304 g/mol. The lowest BCUT2D eigenvalue weighted by Crippen LogP contribution is -2.13. The van der Waals surface area contributed by atoms with Crippen molar-refractivity contribution in [1.82, 2.24) is 15.0 Å². The van der Waals surface area contributed by atoms with Gasteiger partial charge in [-0.25, -0.2) is 4.98 Å². The van der Waals surface area contributed by atoms with Gasteiger partial charge in [0.25, 0.3) is 5.91 Å². The van der Waals surface area contributed by atoms with Crippen molar-refractivity contribution in [2.24, 2.45) is 0 Å². The number of nitrogens with zero attached hydrogens (tertiary/aromatic N) is 1. The maximum atomic E-state index is 12.6. The van der Waals surface area contributed by atoms with Gasteiger partial charge in [-0.3, -0.25) is 4.79 Å². The summed E-state index contributed by atoms with van der Waals surface area (Å²) in [4.78, 5) is 23.0. The smallest absolute Gasteiger partial charge is 0.272 e. The highest BCUT2D eigenvalue weighted by molar-refractivity contribution is 6.08. The molecule has 4 rings (SSSR count). The van der Waals surface area contributed by atoms with Gasteiger partial charge in [-0.15, -0.1) is 0 Å². The third-order valence-corrected chi connectivity index (χ3v) is 4.12. The number of benzene rings is 2. The van der Waals surface area contributed by atoms with Crippen molar-refractivity contribution in [2.75, 3.05) is 5.32 Å². The van der Waals surface area contributed by atoms with Crippen molar-refractivity contribution in [2.45, 2.75) is 13.8 Å². The quantitative estimate of drug-likeness (QED) is 0.525. The normalized spacial score (nSPS) is 11.2. The van der Waals surface area contributed by atoms with Crippen molar-refractivity contribution >= 4 is 33.5 Å². The van der Waals surface area contributed by atoms with Crippen LogP contribution in [-0.2, 0) is 0 Å². The minimum atomic E-state index is -0.143. The predicted octanol–water partition coefficient (Wildman–Crippen LogP) is 3.91. The summed E-state index contributed by atoms with van der Waals surface area (Å²) >= 11 is 0. The molecular weight excluding hydrogens is 288 g/mol. The molecule has 2 aromatic heterocycles. The van der Waals surface area contributed by atoms with Crippen LogP contribution >= 0.6 is 0 Å². The second kappa shape index (κ2) is 4.98. The number of hydrogen-bond donors (Lipinski definition) is 3. The molecule has 0 fully saturated rings. The van der Waals surface area contributed by atoms with Crippen molar-refractivity contribution < 1.29 is 4.79 Å². The predicted molar refractivity (Wildman–Crippen MR) is 91.8 cm³/mol. The Morgan fingerprint density at radius 2 is 1.96 bits per heavy atom. The zero-order valence-corrected chi connectivity index (χ0v) is 12.9. The Balaban J connectivity index is 1.69. The summed E-state index contributed by atoms with van der Waals surface area (Å²) in [5.74, 6) is -0.143. The fraction of sp³-hybridized carbons (Fsp3) is 0.111. The molecule has 3 N–H and O–H groups in total. The average Bonchev–Trinajstić information content (AvgIpc) is 3.12. The number of fused-ring (bicyclic) bond motifs is 2. The van der Waals surface area contributed by atoms with E-state index in [2.05, 4.69) is 26.3 Å². The fourth-order valence-electron chi connectivity index (χ4n) is 2.87. The van der Waals surface area contributed by atoms with Gasteiger partial charge in [0.05, 0.1) is 17.4 Å². The van der Waals surface area contributed by atoms with Crippen molar-refractivity contribution in [3.63, 3.8) is 0 Å². The molecule has 1 amide bonds. The fourth-order valence-corrected chi connectivity index (χ4v) is 2.87. The Morgan fingerprint density at radius 3 is 2.83 bits per heavy atom. The van der Waals surface area contributed by atoms with E-state index in [4.69, 9.17) is 0 Å². The zero-order chi connectivity index (χ0) is 16.0. The number of rotatable bonds is 2. The summed E-state index contributed by atoms with van der Waals surface area (Å²) in [7, 11) is 0. The highest BCUT2D eigenvalue weighted by Gasteiger charge is 2.15. The molecule has 114 valence electrons. The van der Waals surface area contributed by atoms with Crippen molar-refractivity contribution in [3.05, 3.63) is 59.5 Å². The number of nitrogens with one attached hydrogen (secondary N) is 3. The lowest BCUT2D eigenvalue weighted by Gasteiger charge is -2.04. The maximum Gasteiger partial charge on any atom is 0.272 e. The summed E-state index contributed by atoms with van der Waals surface area (Å²) in [6.45, 7) is 4.01. The number of imidazole rings is 1. The van der Waals surface area contributed by atoms with Gasteiger partial charge in [-0.05, 0) is 49.7 Å². The molecule has 2 heterocycles. The minimum absolute atomic E-state index is 0.143. The second-order valence-electron chi connectivity index (χ2n) is 5.76. The number of amides is 1. The first-order chi connectivity index (χ1) is 11.1. The largest absolute Gasteiger partial charge is 0.350 e. The third-order valence-electron chi connectivity index (χ3n) is 4.12. The summed E-state index contributed by atoms with van der Waals surface area (Å²) in [5, 5.41) is 4.02. The second-order valence-corrected chi connectivity index (χ2v) is 5.76. The Kier molecular flexibility index (Phi) is 2.94. The Bertz CT molecular complexity index is 1040. The summed E-state index contributed by atoms with van der Waals surface area (Å²) in [6.07, 6.45) is 1.64. The first kappa shape index (κ1) is 13.6. The van der Waals surface area contributed by atoms with Crippen LogP contribution in [0.2, 0.25) is 0 Å². The van der Waals surface area contributed by atoms with E-state index >= 15 is 0 Å². The number of carbonyl (C=O) groups is 1. The molecule has 0 saturated carbocycles. The lowest BCUT2D eigenvalue weighted by atomic mass is 10.1. The highest BCUT2D eigenvalue weighted by Crippen LogP contribution is 2.24. The molecule has 23 heavy (non-hydrogen) atoms. The van der Waals surface area contributed by atoms with Gasteiger partial charge >= 0.3 is 0 Å². The summed E-state index contributed by atoms with van der Waals surface area (Å²) in [6, 6.07) is 11.7. The molecule has 0 unspecified atom stereocenters. The van der Waals surface area contributed by atoms with Gasteiger partial charge in [0.15, 0.2) is 0 Å². The first-order valence-corrected chi connectivity index (χ1v) is 7.45. The molecule has 0 atom stereocenters. The molecule has 4 aromatic rings. The molecule has 0 aliphatic heterocycles. The molecule has 0 aliphatic carbocycles. The maximum absolute atomic E-state index is 12.6. The van der Waals surface area contributed by atoms with E-state index in [1.165, 1.54) is 5.56 Å². The highest BCUT2D eigenvalue weighted by atomic mass is 16.1. The van der Waals surface area contributed by atoms with E-state index in [1.54, 1.807) is 6.33 Å². The van der Waals surface area contributed by atoms with Crippen LogP contribution in [0.4, 0.5) is 5.69 Å². The monoisotopic (exact) mass is 304 g/mol. The number of aryl methyl sites for hydroxylation is 2. The Morgan fingerprint density at radius 1 is 1.09 bits per heavy atom. The van der Waals surface area contributed by atoms with Crippen molar-refractivity contribution in [1.29, 1.82) is 0 Å².